The summed E-state index contributed by atoms with van der Waals surface area (Å²) in [7, 11) is 0. The lowest BCUT2D eigenvalue weighted by Gasteiger charge is -2.25. The summed E-state index contributed by atoms with van der Waals surface area (Å²) in [5.74, 6) is -15.7. The minimum atomic E-state index is -5.57. The average Bonchev–Trinajstić information content (AvgIpc) is 3.18. The number of allylic oxidation sites excluding steroid dienone is 2. The lowest BCUT2D eigenvalue weighted by molar-refractivity contribution is -0.254. The molecule has 2 atom stereocenters. The van der Waals surface area contributed by atoms with Gasteiger partial charge in [0.25, 0.3) is 0 Å². The summed E-state index contributed by atoms with van der Waals surface area (Å²) < 4.78 is 102. The second kappa shape index (κ2) is 7.83. The predicted molar refractivity (Wildman–Crippen MR) is 118 cm³/mol. The normalized spacial score (nSPS) is 26.3. The van der Waals surface area contributed by atoms with E-state index in [0.717, 1.165) is 22.7 Å². The summed E-state index contributed by atoms with van der Waals surface area (Å²) in [6.07, 6.45) is -0.685. The number of rotatable bonds is 0. The van der Waals surface area contributed by atoms with Crippen molar-refractivity contribution < 1.29 is 35.8 Å². The van der Waals surface area contributed by atoms with Gasteiger partial charge in [-0.25, -0.2) is 0 Å². The number of hydrogen-bond donors (Lipinski definition) is 0. The topological polar surface area (TPSA) is 18.5 Å². The van der Waals surface area contributed by atoms with Gasteiger partial charge in [0.2, 0.25) is 0 Å². The maximum atomic E-state index is 15.2. The Bertz CT molecular complexity index is 1060. The number of alkyl halides is 6. The Labute approximate surface area is 196 Å². The van der Waals surface area contributed by atoms with E-state index in [9.17, 15) is 8.78 Å². The van der Waals surface area contributed by atoms with Gasteiger partial charge in [0.05, 0.1) is 36.6 Å². The molecule has 4 bridgehead atoms. The molecule has 2 nitrogen and oxygen atoms in total. The van der Waals surface area contributed by atoms with Gasteiger partial charge in [-0.3, -0.25) is 0 Å². The monoisotopic (exact) mass is 510 g/mol. The molecule has 33 heavy (non-hydrogen) atoms. The zero-order valence-corrected chi connectivity index (χ0v) is 20.6. The summed E-state index contributed by atoms with van der Waals surface area (Å²) in [4.78, 5) is 0.617. The number of hydrogen-bond acceptors (Lipinski definition) is 4. The minimum Gasteiger partial charge on any atom is -0.371 e. The molecule has 0 radical (unpaired) electrons. The van der Waals surface area contributed by atoms with Crippen molar-refractivity contribution in [3.63, 3.8) is 0 Å². The molecular formula is C23H24F6O2S2. The molecule has 182 valence electrons. The number of thiophene rings is 2. The second-order valence-electron chi connectivity index (χ2n) is 8.69. The van der Waals surface area contributed by atoms with Crippen LogP contribution < -0.4 is 0 Å². The first-order chi connectivity index (χ1) is 15.1. The van der Waals surface area contributed by atoms with Gasteiger partial charge in [0.15, 0.2) is 0 Å². The van der Waals surface area contributed by atoms with Gasteiger partial charge in [0, 0.05) is 19.5 Å². The summed E-state index contributed by atoms with van der Waals surface area (Å²) in [5.41, 5.74) is -1.00. The number of fused-ring (bicyclic) bond motifs is 6. The lowest BCUT2D eigenvalue weighted by Crippen LogP contribution is -2.48. The van der Waals surface area contributed by atoms with Gasteiger partial charge < -0.3 is 9.47 Å². The Morgan fingerprint density at radius 1 is 0.667 bits per heavy atom. The van der Waals surface area contributed by atoms with Crippen molar-refractivity contribution in [2.75, 3.05) is 0 Å². The number of ether oxygens (including phenoxy) is 2. The van der Waals surface area contributed by atoms with Crippen molar-refractivity contribution >= 4 is 33.8 Å². The molecule has 0 spiro atoms. The van der Waals surface area contributed by atoms with Crippen LogP contribution in [0.3, 0.4) is 0 Å². The van der Waals surface area contributed by atoms with E-state index in [2.05, 4.69) is 0 Å². The van der Waals surface area contributed by atoms with Gasteiger partial charge in [-0.05, 0) is 63.8 Å². The van der Waals surface area contributed by atoms with Crippen molar-refractivity contribution in [1.82, 2.24) is 0 Å². The van der Waals surface area contributed by atoms with E-state index in [1.165, 1.54) is 13.8 Å². The molecule has 2 aliphatic rings. The first-order valence-electron chi connectivity index (χ1n) is 10.4. The first-order valence-corrected chi connectivity index (χ1v) is 12.1. The van der Waals surface area contributed by atoms with Gasteiger partial charge in [-0.15, -0.1) is 22.7 Å². The van der Waals surface area contributed by atoms with E-state index >= 15 is 17.6 Å². The van der Waals surface area contributed by atoms with Crippen LogP contribution in [0.4, 0.5) is 26.3 Å². The Kier molecular flexibility index (Phi) is 5.87. The van der Waals surface area contributed by atoms with Crippen LogP contribution in [0.2, 0.25) is 0 Å². The highest BCUT2D eigenvalue weighted by molar-refractivity contribution is 7.14. The van der Waals surface area contributed by atoms with Crippen LogP contribution in [0.15, 0.2) is 0 Å². The van der Waals surface area contributed by atoms with Crippen molar-refractivity contribution in [2.45, 2.75) is 84.7 Å². The molecule has 0 fully saturated rings. The third-order valence-electron chi connectivity index (χ3n) is 6.71. The molecule has 1 aliphatic carbocycles. The molecule has 0 N–H and O–H groups in total. The van der Waals surface area contributed by atoms with Gasteiger partial charge in [-0.2, -0.15) is 26.3 Å². The smallest absolute Gasteiger partial charge is 0.371 e. The predicted octanol–water partition coefficient (Wildman–Crippen LogP) is 7.70. The highest BCUT2D eigenvalue weighted by atomic mass is 32.1. The maximum Gasteiger partial charge on any atom is 0.380 e. The van der Waals surface area contributed by atoms with E-state index in [0.29, 0.717) is 20.9 Å². The third-order valence-corrected chi connectivity index (χ3v) is 9.24. The molecule has 10 heteroatoms. The SMILES string of the molecule is Cc1sc2c(C)c1CO[C@@H](C)[C@H](C)OCc1c(C)sc(c1C)C1=C2C(F)(F)C(F)(F)C1(F)F. The Hall–Kier alpha value is -1.36. The molecular weight excluding hydrogens is 486 g/mol. The molecule has 3 heterocycles. The quantitative estimate of drug-likeness (QED) is 0.338. The highest BCUT2D eigenvalue weighted by Crippen LogP contribution is 2.66. The molecule has 0 saturated heterocycles. The van der Waals surface area contributed by atoms with Crippen LogP contribution in [0.1, 0.15) is 55.6 Å². The van der Waals surface area contributed by atoms with Crippen LogP contribution in [0.5, 0.6) is 0 Å². The Balaban J connectivity index is 2.11. The van der Waals surface area contributed by atoms with Crippen molar-refractivity contribution in [2.24, 2.45) is 0 Å². The summed E-state index contributed by atoms with van der Waals surface area (Å²) in [5, 5.41) is 0. The van der Waals surface area contributed by atoms with Crippen LogP contribution >= 0.6 is 22.7 Å². The molecule has 0 aromatic carbocycles. The molecule has 0 unspecified atom stereocenters. The Morgan fingerprint density at radius 3 is 1.33 bits per heavy atom. The largest absolute Gasteiger partial charge is 0.380 e. The fourth-order valence-corrected chi connectivity index (χ4v) is 6.82. The lowest BCUT2D eigenvalue weighted by atomic mass is 9.98. The van der Waals surface area contributed by atoms with Crippen molar-refractivity contribution in [1.29, 1.82) is 0 Å². The summed E-state index contributed by atoms with van der Waals surface area (Å²) in [6, 6.07) is 0. The van der Waals surface area contributed by atoms with E-state index in [-0.39, 0.29) is 46.3 Å². The molecule has 2 aromatic rings. The van der Waals surface area contributed by atoms with Gasteiger partial charge in [0.1, 0.15) is 0 Å². The third kappa shape index (κ3) is 3.35. The molecule has 0 saturated carbocycles. The molecule has 2 aromatic heterocycles. The standard InChI is InChI=1S/C23H24F6O2S2/c1-9-15-7-30-11(3)12(4)31-8-16-10(2)20(33-14(16)6)18-17(19(9)32-13(15)5)21(24,25)23(28,29)22(18,26)27/h11-12H,7-8H2,1-6H3/t11-,12-/m0/s1. The number of halogens is 6. The van der Waals surface area contributed by atoms with Crippen molar-refractivity contribution in [3.8, 4) is 0 Å². The van der Waals surface area contributed by atoms with E-state index in [1.54, 1.807) is 13.8 Å². The Morgan fingerprint density at radius 2 is 1.00 bits per heavy atom. The van der Waals surface area contributed by atoms with E-state index in [1.807, 2.05) is 13.8 Å². The summed E-state index contributed by atoms with van der Waals surface area (Å²) in [6.45, 7) is 9.96. The second-order valence-corrected chi connectivity index (χ2v) is 11.1. The average molecular weight is 511 g/mol. The molecule has 0 amide bonds. The zero-order chi connectivity index (χ0) is 24.7. The summed E-state index contributed by atoms with van der Waals surface area (Å²) >= 11 is 1.64. The number of aryl methyl sites for hydroxylation is 2. The van der Waals surface area contributed by atoms with Crippen molar-refractivity contribution in [3.05, 3.63) is 41.8 Å². The minimum absolute atomic E-state index is 0.0300. The van der Waals surface area contributed by atoms with Crippen LogP contribution in [0, 0.1) is 27.7 Å². The fraction of sp³-hybridized carbons (Fsp3) is 0.565. The van der Waals surface area contributed by atoms with Gasteiger partial charge >= 0.3 is 17.8 Å². The van der Waals surface area contributed by atoms with E-state index in [4.69, 9.17) is 9.47 Å². The zero-order valence-electron chi connectivity index (χ0n) is 19.0. The fourth-order valence-electron chi connectivity index (χ4n) is 4.32. The molecule has 4 rings (SSSR count). The van der Waals surface area contributed by atoms with Crippen LogP contribution in [-0.2, 0) is 22.7 Å². The molecule has 1 aliphatic heterocycles. The maximum absolute atomic E-state index is 15.2. The first kappa shape index (κ1) is 24.8. The van der Waals surface area contributed by atoms with Gasteiger partial charge in [-0.1, -0.05) is 0 Å². The van der Waals surface area contributed by atoms with Crippen LogP contribution in [0.25, 0.3) is 11.1 Å². The van der Waals surface area contributed by atoms with E-state index < -0.39 is 28.9 Å². The van der Waals surface area contributed by atoms with Crippen LogP contribution in [-0.4, -0.2) is 30.0 Å². The highest BCUT2D eigenvalue weighted by Gasteiger charge is 2.80.